The number of carbonyl (C=O) groups excluding carboxylic acids is 1. The number of aldehydes is 1. The molecule has 2 heteroatoms. The van der Waals surface area contributed by atoms with Crippen LogP contribution >= 0.6 is 0 Å². The first-order valence-corrected chi connectivity index (χ1v) is 1.90. The third-order valence-electron chi connectivity index (χ3n) is 0.425. The van der Waals surface area contributed by atoms with Gasteiger partial charge >= 0.3 is 0 Å². The van der Waals surface area contributed by atoms with Crippen molar-refractivity contribution in [1.29, 1.82) is 5.26 Å². The fraction of sp³-hybridized carbons (Fsp3) is 0.200. The van der Waals surface area contributed by atoms with Gasteiger partial charge in [-0.1, -0.05) is 6.08 Å². The van der Waals surface area contributed by atoms with E-state index in [1.807, 2.05) is 0 Å². The molecule has 0 bridgehead atoms. The Kier molecular flexibility index (Phi) is 4.13. The Morgan fingerprint density at radius 3 is 2.86 bits per heavy atom. The molecule has 0 N–H and O–H groups in total. The molecule has 0 unspecified atom stereocenters. The van der Waals surface area contributed by atoms with Crippen LogP contribution in [-0.2, 0) is 4.79 Å². The minimum Gasteiger partial charge on any atom is -0.303 e. The Labute approximate surface area is 42.1 Å². The topological polar surface area (TPSA) is 40.9 Å². The molecule has 0 saturated carbocycles. The van der Waals surface area contributed by atoms with Crippen molar-refractivity contribution >= 4 is 6.29 Å². The number of rotatable bonds is 2. The van der Waals surface area contributed by atoms with Gasteiger partial charge in [-0.05, 0) is 0 Å². The zero-order valence-corrected chi connectivity index (χ0v) is 3.79. The first-order valence-electron chi connectivity index (χ1n) is 1.90. The maximum absolute atomic E-state index is 9.52. The van der Waals surface area contributed by atoms with Gasteiger partial charge < -0.3 is 4.79 Å². The van der Waals surface area contributed by atoms with E-state index in [0.29, 0.717) is 6.42 Å². The summed E-state index contributed by atoms with van der Waals surface area (Å²) in [6, 6.07) is 1.76. The summed E-state index contributed by atoms with van der Waals surface area (Å²) in [4.78, 5) is 9.52. The highest BCUT2D eigenvalue weighted by atomic mass is 16.1. The Bertz CT molecular complexity index is 110. The van der Waals surface area contributed by atoms with E-state index in [4.69, 9.17) is 5.26 Å². The highest BCUT2D eigenvalue weighted by molar-refractivity contribution is 5.52. The lowest BCUT2D eigenvalue weighted by Crippen LogP contribution is -1.62. The predicted octanol–water partition coefficient (Wildman–Crippen LogP) is 0.655. The molecule has 0 atom stereocenters. The molecule has 0 aliphatic heterocycles. The van der Waals surface area contributed by atoms with Crippen LogP contribution in [0.1, 0.15) is 6.42 Å². The number of hydrogen-bond acceptors (Lipinski definition) is 2. The zero-order valence-electron chi connectivity index (χ0n) is 3.79. The smallest absolute Gasteiger partial charge is 0.123 e. The standard InChI is InChI=1S/C5H5NO/c6-4-2-1-3-5-7/h1-2,5H,3H2. The van der Waals surface area contributed by atoms with Gasteiger partial charge in [-0.3, -0.25) is 0 Å². The van der Waals surface area contributed by atoms with E-state index >= 15 is 0 Å². The SMILES string of the molecule is N#CC=CCC=O. The summed E-state index contributed by atoms with van der Waals surface area (Å²) in [7, 11) is 0. The normalized spacial score (nSPS) is 8.43. The van der Waals surface area contributed by atoms with Gasteiger partial charge in [0.15, 0.2) is 0 Å². The molecule has 36 valence electrons. The lowest BCUT2D eigenvalue weighted by Gasteiger charge is -1.64. The molecule has 0 saturated heterocycles. The van der Waals surface area contributed by atoms with Crippen molar-refractivity contribution in [3.63, 3.8) is 0 Å². The van der Waals surface area contributed by atoms with Crippen molar-refractivity contribution in [2.24, 2.45) is 0 Å². The minimum absolute atomic E-state index is 0.341. The minimum atomic E-state index is 0.341. The Balaban J connectivity index is 3.14. The van der Waals surface area contributed by atoms with Crippen molar-refractivity contribution in [2.75, 3.05) is 0 Å². The second-order valence-electron chi connectivity index (χ2n) is 0.934. The summed E-state index contributed by atoms with van der Waals surface area (Å²) >= 11 is 0. The van der Waals surface area contributed by atoms with E-state index < -0.39 is 0 Å². The second kappa shape index (κ2) is 4.90. The Hall–Kier alpha value is -1.10. The van der Waals surface area contributed by atoms with Gasteiger partial charge in [-0.15, -0.1) is 0 Å². The molecule has 0 aromatic heterocycles. The highest BCUT2D eigenvalue weighted by Crippen LogP contribution is 1.72. The summed E-state index contributed by atoms with van der Waals surface area (Å²) in [5, 5.41) is 7.84. The fourth-order valence-electron chi connectivity index (χ4n) is 0.176. The van der Waals surface area contributed by atoms with Crippen LogP contribution in [-0.4, -0.2) is 6.29 Å². The van der Waals surface area contributed by atoms with E-state index in [1.165, 1.54) is 12.2 Å². The molecule has 0 radical (unpaired) electrons. The largest absolute Gasteiger partial charge is 0.303 e. The van der Waals surface area contributed by atoms with Crippen LogP contribution in [0, 0.1) is 11.3 Å². The van der Waals surface area contributed by atoms with E-state index in [-0.39, 0.29) is 0 Å². The second-order valence-corrected chi connectivity index (χ2v) is 0.934. The van der Waals surface area contributed by atoms with Crippen LogP contribution in [0.3, 0.4) is 0 Å². The quantitative estimate of drug-likeness (QED) is 0.373. The van der Waals surface area contributed by atoms with Crippen molar-refractivity contribution in [1.82, 2.24) is 0 Å². The van der Waals surface area contributed by atoms with Crippen LogP contribution < -0.4 is 0 Å². The van der Waals surface area contributed by atoms with Crippen molar-refractivity contribution in [2.45, 2.75) is 6.42 Å². The predicted molar refractivity (Wildman–Crippen MR) is 25.4 cm³/mol. The molecule has 0 aliphatic rings. The van der Waals surface area contributed by atoms with Gasteiger partial charge in [0.2, 0.25) is 0 Å². The number of allylic oxidation sites excluding steroid dienone is 2. The van der Waals surface area contributed by atoms with Gasteiger partial charge in [-0.2, -0.15) is 5.26 Å². The van der Waals surface area contributed by atoms with E-state index in [1.54, 1.807) is 6.07 Å². The number of nitriles is 1. The average molecular weight is 95.1 g/mol. The summed E-state index contributed by atoms with van der Waals surface area (Å²) in [5.74, 6) is 0. The van der Waals surface area contributed by atoms with Crippen LogP contribution in [0.15, 0.2) is 12.2 Å². The fourth-order valence-corrected chi connectivity index (χ4v) is 0.176. The molecule has 0 aromatic rings. The summed E-state index contributed by atoms with van der Waals surface area (Å²) in [6.07, 6.45) is 3.88. The van der Waals surface area contributed by atoms with Crippen LogP contribution in [0.5, 0.6) is 0 Å². The summed E-state index contributed by atoms with van der Waals surface area (Å²) in [6.45, 7) is 0. The third kappa shape index (κ3) is 4.90. The lowest BCUT2D eigenvalue weighted by molar-refractivity contribution is -0.107. The number of carbonyl (C=O) groups is 1. The van der Waals surface area contributed by atoms with Gasteiger partial charge in [0.1, 0.15) is 6.29 Å². The molecule has 0 rings (SSSR count). The average Bonchev–Trinajstić information content (AvgIpc) is 1.69. The monoisotopic (exact) mass is 95.0 g/mol. The third-order valence-corrected chi connectivity index (χ3v) is 0.425. The molecule has 0 spiro atoms. The zero-order chi connectivity index (χ0) is 5.54. The summed E-state index contributed by atoms with van der Waals surface area (Å²) in [5.41, 5.74) is 0. The molecule has 0 amide bonds. The highest BCUT2D eigenvalue weighted by Gasteiger charge is 1.66. The number of hydrogen-bond donors (Lipinski definition) is 0. The van der Waals surface area contributed by atoms with Crippen LogP contribution in [0.4, 0.5) is 0 Å². The first-order chi connectivity index (χ1) is 3.41. The molecular weight excluding hydrogens is 90.1 g/mol. The molecule has 0 aliphatic carbocycles. The Morgan fingerprint density at radius 1 is 1.71 bits per heavy atom. The molecule has 0 aromatic carbocycles. The van der Waals surface area contributed by atoms with Gasteiger partial charge in [0.05, 0.1) is 6.07 Å². The molecular formula is C5H5NO. The van der Waals surface area contributed by atoms with Crippen molar-refractivity contribution in [3.8, 4) is 6.07 Å². The Morgan fingerprint density at radius 2 is 2.43 bits per heavy atom. The maximum atomic E-state index is 9.52. The molecule has 0 fully saturated rings. The molecule has 7 heavy (non-hydrogen) atoms. The molecule has 2 nitrogen and oxygen atoms in total. The number of nitrogens with zero attached hydrogens (tertiary/aromatic N) is 1. The maximum Gasteiger partial charge on any atom is 0.123 e. The van der Waals surface area contributed by atoms with Crippen LogP contribution in [0.25, 0.3) is 0 Å². The first kappa shape index (κ1) is 5.90. The summed E-state index contributed by atoms with van der Waals surface area (Å²) < 4.78 is 0. The van der Waals surface area contributed by atoms with E-state index in [9.17, 15) is 4.79 Å². The van der Waals surface area contributed by atoms with Gasteiger partial charge in [-0.25, -0.2) is 0 Å². The van der Waals surface area contributed by atoms with Crippen LogP contribution in [0.2, 0.25) is 0 Å². The molecule has 0 heterocycles. The van der Waals surface area contributed by atoms with Gasteiger partial charge in [0.25, 0.3) is 0 Å². The van der Waals surface area contributed by atoms with Gasteiger partial charge in [0, 0.05) is 12.5 Å². The van der Waals surface area contributed by atoms with Crippen molar-refractivity contribution in [3.05, 3.63) is 12.2 Å². The van der Waals surface area contributed by atoms with E-state index in [2.05, 4.69) is 0 Å². The van der Waals surface area contributed by atoms with Crippen molar-refractivity contribution < 1.29 is 4.79 Å². The van der Waals surface area contributed by atoms with E-state index in [0.717, 1.165) is 6.29 Å². The lowest BCUT2D eigenvalue weighted by atomic mass is 10.4.